The van der Waals surface area contributed by atoms with Crippen molar-refractivity contribution in [2.24, 2.45) is 10.4 Å². The zero-order valence-corrected chi connectivity index (χ0v) is 16.6. The first-order valence-electron chi connectivity index (χ1n) is 8.13. The predicted molar refractivity (Wildman–Crippen MR) is 102 cm³/mol. The first-order valence-corrected chi connectivity index (χ1v) is 8.13. The van der Waals surface area contributed by atoms with Gasteiger partial charge in [0.25, 0.3) is 0 Å². The summed E-state index contributed by atoms with van der Waals surface area (Å²) in [5.41, 5.74) is 0.473. The minimum atomic E-state index is 0. The molecule has 0 aliphatic heterocycles. The van der Waals surface area contributed by atoms with Crippen LogP contribution >= 0.6 is 24.0 Å². The third-order valence-corrected chi connectivity index (χ3v) is 4.47. The lowest BCUT2D eigenvalue weighted by atomic mass is 9.75. The van der Waals surface area contributed by atoms with Crippen LogP contribution < -0.4 is 10.6 Å². The summed E-state index contributed by atoms with van der Waals surface area (Å²) in [5.74, 6) is 0.856. The Morgan fingerprint density at radius 3 is 2.05 bits per heavy atom. The Morgan fingerprint density at radius 1 is 1.09 bits per heavy atom. The van der Waals surface area contributed by atoms with Gasteiger partial charge < -0.3 is 15.5 Å². The predicted octanol–water partition coefficient (Wildman–Crippen LogP) is 2.36. The molecule has 6 heteroatoms. The molecule has 0 aromatic heterocycles. The van der Waals surface area contributed by atoms with E-state index in [0.29, 0.717) is 17.5 Å². The lowest BCUT2D eigenvalue weighted by Crippen LogP contribution is -2.46. The summed E-state index contributed by atoms with van der Waals surface area (Å²) >= 11 is 0. The van der Waals surface area contributed by atoms with Crippen LogP contribution in [0.4, 0.5) is 0 Å². The van der Waals surface area contributed by atoms with Crippen molar-refractivity contribution >= 4 is 35.8 Å². The molecule has 0 heterocycles. The van der Waals surface area contributed by atoms with E-state index in [2.05, 4.69) is 29.5 Å². The summed E-state index contributed by atoms with van der Waals surface area (Å²) in [6.45, 7) is 4.90. The van der Waals surface area contributed by atoms with Gasteiger partial charge in [-0.3, -0.25) is 4.79 Å². The number of nitrogens with zero attached hydrogens (tertiary/aromatic N) is 2. The number of hydrogen-bond acceptors (Lipinski definition) is 2. The summed E-state index contributed by atoms with van der Waals surface area (Å²) in [6.07, 6.45) is 7.27. The Hall–Kier alpha value is -0.530. The summed E-state index contributed by atoms with van der Waals surface area (Å²) < 4.78 is 0. The second-order valence-corrected chi connectivity index (χ2v) is 7.45. The van der Waals surface area contributed by atoms with Crippen molar-refractivity contribution in [3.63, 3.8) is 0 Å². The first-order chi connectivity index (χ1) is 9.85. The Kier molecular flexibility index (Phi) is 7.41. The van der Waals surface area contributed by atoms with Crippen LogP contribution in [0.3, 0.4) is 0 Å². The van der Waals surface area contributed by atoms with Crippen LogP contribution in [0.5, 0.6) is 0 Å². The van der Waals surface area contributed by atoms with Crippen molar-refractivity contribution in [2.75, 3.05) is 20.6 Å². The number of halogens is 1. The topological polar surface area (TPSA) is 56.7 Å². The molecule has 0 bridgehead atoms. The van der Waals surface area contributed by atoms with Crippen LogP contribution in [-0.4, -0.2) is 49.5 Å². The molecule has 2 aliphatic carbocycles. The van der Waals surface area contributed by atoms with E-state index < -0.39 is 0 Å². The van der Waals surface area contributed by atoms with Crippen LogP contribution in [0.25, 0.3) is 0 Å². The lowest BCUT2D eigenvalue weighted by Gasteiger charge is -2.35. The fraction of sp³-hybridized carbons (Fsp3) is 0.875. The molecular formula is C16H31IN4O. The third kappa shape index (κ3) is 6.71. The second kappa shape index (κ2) is 8.36. The van der Waals surface area contributed by atoms with Crippen molar-refractivity contribution < 1.29 is 4.79 Å². The molecule has 0 aromatic carbocycles. The summed E-state index contributed by atoms with van der Waals surface area (Å²) in [7, 11) is 3.53. The number of carbonyl (C=O) groups excluding carboxylic acids is 1. The van der Waals surface area contributed by atoms with Crippen LogP contribution in [-0.2, 0) is 4.79 Å². The number of guanidine groups is 1. The van der Waals surface area contributed by atoms with Crippen molar-refractivity contribution in [1.82, 2.24) is 15.5 Å². The van der Waals surface area contributed by atoms with Gasteiger partial charge in [0, 0.05) is 26.2 Å². The highest BCUT2D eigenvalue weighted by Crippen LogP contribution is 2.35. The number of aliphatic imine (C=N–C) groups is 1. The van der Waals surface area contributed by atoms with Gasteiger partial charge in [0.15, 0.2) is 5.96 Å². The molecule has 0 aromatic rings. The van der Waals surface area contributed by atoms with Crippen LogP contribution in [0.2, 0.25) is 0 Å². The zero-order valence-electron chi connectivity index (χ0n) is 14.3. The van der Waals surface area contributed by atoms with Crippen LogP contribution in [0.15, 0.2) is 4.99 Å². The number of amides is 1. The van der Waals surface area contributed by atoms with E-state index in [4.69, 9.17) is 0 Å². The van der Waals surface area contributed by atoms with Gasteiger partial charge in [-0.15, -0.1) is 24.0 Å². The molecule has 0 atom stereocenters. The highest BCUT2D eigenvalue weighted by Gasteiger charge is 2.28. The van der Waals surface area contributed by atoms with E-state index in [-0.39, 0.29) is 36.4 Å². The molecule has 0 radical (unpaired) electrons. The van der Waals surface area contributed by atoms with Gasteiger partial charge in [-0.2, -0.15) is 0 Å². The highest BCUT2D eigenvalue weighted by atomic mass is 127. The molecule has 2 saturated carbocycles. The van der Waals surface area contributed by atoms with Gasteiger partial charge in [-0.05, 0) is 43.9 Å². The van der Waals surface area contributed by atoms with Gasteiger partial charge in [0.2, 0.25) is 5.91 Å². The molecule has 0 saturated heterocycles. The molecule has 2 fully saturated rings. The minimum Gasteiger partial charge on any atom is -0.354 e. The van der Waals surface area contributed by atoms with Crippen LogP contribution in [0, 0.1) is 5.41 Å². The number of rotatable bonds is 4. The van der Waals surface area contributed by atoms with Gasteiger partial charge in [0.05, 0.1) is 0 Å². The zero-order chi connectivity index (χ0) is 15.5. The quantitative estimate of drug-likeness (QED) is 0.416. The lowest BCUT2D eigenvalue weighted by molar-refractivity contribution is -0.127. The van der Waals surface area contributed by atoms with Crippen molar-refractivity contribution in [2.45, 2.75) is 64.5 Å². The van der Waals surface area contributed by atoms with Gasteiger partial charge >= 0.3 is 0 Å². The van der Waals surface area contributed by atoms with Gasteiger partial charge in [0.1, 0.15) is 6.54 Å². The first kappa shape index (κ1) is 19.5. The Labute approximate surface area is 151 Å². The Balaban J connectivity index is 0.00000242. The summed E-state index contributed by atoms with van der Waals surface area (Å²) in [4.78, 5) is 17.7. The average Bonchev–Trinajstić information content (AvgIpc) is 3.21. The molecule has 0 unspecified atom stereocenters. The van der Waals surface area contributed by atoms with E-state index in [1.807, 2.05) is 0 Å². The molecule has 5 nitrogen and oxygen atoms in total. The van der Waals surface area contributed by atoms with E-state index in [1.165, 1.54) is 38.5 Å². The third-order valence-electron chi connectivity index (χ3n) is 4.47. The van der Waals surface area contributed by atoms with E-state index in [9.17, 15) is 4.79 Å². The number of hydrogen-bond donors (Lipinski definition) is 2. The monoisotopic (exact) mass is 422 g/mol. The van der Waals surface area contributed by atoms with Gasteiger partial charge in [-0.25, -0.2) is 4.99 Å². The largest absolute Gasteiger partial charge is 0.354 e. The van der Waals surface area contributed by atoms with Gasteiger partial charge in [-0.1, -0.05) is 13.8 Å². The standard InChI is InChI=1S/C16H30N4O.HI/c1-16(2)9-7-13(8-10-16)19-15(18-12-5-6-12)17-11-14(21)20(3)4;/h12-13H,5-11H2,1-4H3,(H2,17,18,19);1H. The summed E-state index contributed by atoms with van der Waals surface area (Å²) in [5, 5.41) is 6.95. The van der Waals surface area contributed by atoms with Crippen molar-refractivity contribution in [3.8, 4) is 0 Å². The minimum absolute atomic E-state index is 0. The maximum atomic E-state index is 11.7. The normalized spacial score (nSPS) is 21.7. The maximum Gasteiger partial charge on any atom is 0.243 e. The summed E-state index contributed by atoms with van der Waals surface area (Å²) in [6, 6.07) is 1.03. The molecule has 2 rings (SSSR count). The SMILES string of the molecule is CN(C)C(=O)CN=C(NC1CC1)NC1CCC(C)(C)CC1.I. The second-order valence-electron chi connectivity index (χ2n) is 7.45. The van der Waals surface area contributed by atoms with Crippen LogP contribution in [0.1, 0.15) is 52.4 Å². The molecular weight excluding hydrogens is 391 g/mol. The Morgan fingerprint density at radius 2 is 1.59 bits per heavy atom. The number of likely N-dealkylation sites (N-methyl/N-ethyl adjacent to an activating group) is 1. The van der Waals surface area contributed by atoms with Crippen molar-refractivity contribution in [3.05, 3.63) is 0 Å². The molecule has 128 valence electrons. The maximum absolute atomic E-state index is 11.7. The smallest absolute Gasteiger partial charge is 0.243 e. The molecule has 22 heavy (non-hydrogen) atoms. The molecule has 2 N–H and O–H groups in total. The average molecular weight is 422 g/mol. The van der Waals surface area contributed by atoms with E-state index in [0.717, 1.165) is 5.96 Å². The Bertz CT molecular complexity index is 395. The van der Waals surface area contributed by atoms with Crippen molar-refractivity contribution in [1.29, 1.82) is 0 Å². The van der Waals surface area contributed by atoms with E-state index in [1.54, 1.807) is 19.0 Å². The highest BCUT2D eigenvalue weighted by molar-refractivity contribution is 14.0. The molecule has 1 amide bonds. The number of carbonyl (C=O) groups is 1. The molecule has 2 aliphatic rings. The fourth-order valence-electron chi connectivity index (χ4n) is 2.58. The number of nitrogens with one attached hydrogen (secondary N) is 2. The fourth-order valence-corrected chi connectivity index (χ4v) is 2.58. The molecule has 0 spiro atoms. The van der Waals surface area contributed by atoms with E-state index >= 15 is 0 Å².